The van der Waals surface area contributed by atoms with Crippen LogP contribution in [0.25, 0.3) is 0 Å². The van der Waals surface area contributed by atoms with Gasteiger partial charge in [-0.1, -0.05) is 79.2 Å². The second-order valence-corrected chi connectivity index (χ2v) is 12.3. The van der Waals surface area contributed by atoms with E-state index in [-0.39, 0.29) is 0 Å². The van der Waals surface area contributed by atoms with Gasteiger partial charge in [-0.25, -0.2) is 0 Å². The van der Waals surface area contributed by atoms with E-state index < -0.39 is 0 Å². The average molecular weight is 413 g/mol. The average Bonchev–Trinajstić information content (AvgIpc) is 3.07. The molecule has 8 atom stereocenters. The highest BCUT2D eigenvalue weighted by molar-refractivity contribution is 5.25. The van der Waals surface area contributed by atoms with Crippen molar-refractivity contribution >= 4 is 0 Å². The van der Waals surface area contributed by atoms with Crippen LogP contribution in [0.1, 0.15) is 113 Å². The Hall–Kier alpha value is -0.520. The van der Waals surface area contributed by atoms with Gasteiger partial charge in [-0.15, -0.1) is 0 Å². The molecule has 3 saturated carbocycles. The molecule has 0 heterocycles. The van der Waals surface area contributed by atoms with Crippen molar-refractivity contribution in [2.24, 2.45) is 52.3 Å². The Morgan fingerprint density at radius 3 is 2.43 bits per heavy atom. The van der Waals surface area contributed by atoms with Crippen LogP contribution in [0.3, 0.4) is 0 Å². The lowest BCUT2D eigenvalue weighted by Crippen LogP contribution is -2.50. The lowest BCUT2D eigenvalue weighted by Gasteiger charge is -2.58. The van der Waals surface area contributed by atoms with Gasteiger partial charge in [0.25, 0.3) is 0 Å². The van der Waals surface area contributed by atoms with Gasteiger partial charge in [0.15, 0.2) is 0 Å². The third kappa shape index (κ3) is 4.23. The van der Waals surface area contributed by atoms with Crippen molar-refractivity contribution in [1.29, 1.82) is 0 Å². The van der Waals surface area contributed by atoms with Crippen LogP contribution in [-0.4, -0.2) is 0 Å². The Bertz CT molecular complexity index is 624. The first-order chi connectivity index (χ1) is 14.3. The molecule has 4 aliphatic carbocycles. The Morgan fingerprint density at radius 2 is 1.73 bits per heavy atom. The van der Waals surface area contributed by atoms with E-state index in [4.69, 9.17) is 0 Å². The van der Waals surface area contributed by atoms with Crippen LogP contribution in [0.15, 0.2) is 23.8 Å². The first kappa shape index (κ1) is 24.1. The second-order valence-electron chi connectivity index (χ2n) is 12.3. The zero-order valence-electron chi connectivity index (χ0n) is 21.6. The van der Waals surface area contributed by atoms with Crippen molar-refractivity contribution in [2.75, 3.05) is 0 Å². The first-order valence-corrected chi connectivity index (χ1v) is 13.6. The highest BCUT2D eigenvalue weighted by Crippen LogP contribution is 2.67. The molecule has 0 N–H and O–H groups in total. The van der Waals surface area contributed by atoms with Crippen molar-refractivity contribution in [1.82, 2.24) is 0 Å². The van der Waals surface area contributed by atoms with Crippen molar-refractivity contribution in [3.05, 3.63) is 23.8 Å². The van der Waals surface area contributed by atoms with E-state index in [0.29, 0.717) is 10.8 Å². The largest absolute Gasteiger partial charge is 0.0880 e. The number of fused-ring (bicyclic) bond motifs is 5. The van der Waals surface area contributed by atoms with E-state index in [0.717, 1.165) is 41.4 Å². The minimum absolute atomic E-state index is 0.539. The molecule has 3 fully saturated rings. The SMILES string of the molecule is CC.CC(C)C/C=C/[C@@H](C)C1CCC2C3CC=C4C[C@@H](C)CC[C@]4(C)C3CC[C@@]21C. The predicted molar refractivity (Wildman–Crippen MR) is 133 cm³/mol. The molecule has 4 unspecified atom stereocenters. The summed E-state index contributed by atoms with van der Waals surface area (Å²) < 4.78 is 0. The Morgan fingerprint density at radius 1 is 1.00 bits per heavy atom. The van der Waals surface area contributed by atoms with Gasteiger partial charge in [0.05, 0.1) is 0 Å². The molecule has 30 heavy (non-hydrogen) atoms. The van der Waals surface area contributed by atoms with Gasteiger partial charge in [0.2, 0.25) is 0 Å². The minimum atomic E-state index is 0.539. The monoisotopic (exact) mass is 412 g/mol. The van der Waals surface area contributed by atoms with Crippen molar-refractivity contribution in [3.63, 3.8) is 0 Å². The van der Waals surface area contributed by atoms with Gasteiger partial charge in [0, 0.05) is 0 Å². The molecule has 0 amide bonds. The molecule has 0 aromatic carbocycles. The van der Waals surface area contributed by atoms with Gasteiger partial charge in [0.1, 0.15) is 0 Å². The van der Waals surface area contributed by atoms with Crippen LogP contribution in [0.5, 0.6) is 0 Å². The molecule has 0 saturated heterocycles. The molecule has 0 heteroatoms. The topological polar surface area (TPSA) is 0 Å². The van der Waals surface area contributed by atoms with Crippen molar-refractivity contribution in [2.45, 2.75) is 113 Å². The smallest absolute Gasteiger partial charge is 0.00851 e. The minimum Gasteiger partial charge on any atom is -0.0880 e. The van der Waals surface area contributed by atoms with E-state index in [1.165, 1.54) is 57.8 Å². The summed E-state index contributed by atoms with van der Waals surface area (Å²) in [5.41, 5.74) is 2.99. The summed E-state index contributed by atoms with van der Waals surface area (Å²) in [7, 11) is 0. The summed E-state index contributed by atoms with van der Waals surface area (Å²) in [6.07, 6.45) is 20.7. The molecule has 4 rings (SSSR count). The normalized spacial score (nSPS) is 43.9. The summed E-state index contributed by atoms with van der Waals surface area (Å²) in [5, 5.41) is 0. The fourth-order valence-corrected chi connectivity index (χ4v) is 8.45. The van der Waals surface area contributed by atoms with Crippen molar-refractivity contribution < 1.29 is 0 Å². The molecule has 172 valence electrons. The number of hydrogen-bond acceptors (Lipinski definition) is 0. The Balaban J connectivity index is 0.00000124. The highest BCUT2D eigenvalue weighted by Gasteiger charge is 2.58. The third-order valence-corrected chi connectivity index (χ3v) is 10.1. The highest BCUT2D eigenvalue weighted by atomic mass is 14.6. The van der Waals surface area contributed by atoms with Crippen LogP contribution in [0.4, 0.5) is 0 Å². The molecule has 0 nitrogen and oxygen atoms in total. The molecule has 0 bridgehead atoms. The second kappa shape index (κ2) is 9.54. The molecule has 0 aromatic heterocycles. The maximum atomic E-state index is 2.74. The fourth-order valence-electron chi connectivity index (χ4n) is 8.45. The van der Waals surface area contributed by atoms with Gasteiger partial charge >= 0.3 is 0 Å². The maximum Gasteiger partial charge on any atom is -0.00851 e. The molecule has 0 radical (unpaired) electrons. The van der Waals surface area contributed by atoms with E-state index in [1.807, 2.05) is 19.4 Å². The molecule has 0 spiro atoms. The summed E-state index contributed by atoms with van der Waals surface area (Å²) in [6.45, 7) is 19.0. The van der Waals surface area contributed by atoms with Crippen LogP contribution in [0, 0.1) is 52.3 Å². The molecular weight excluding hydrogens is 360 g/mol. The fraction of sp³-hybridized carbons (Fsp3) is 0.867. The van der Waals surface area contributed by atoms with E-state index in [9.17, 15) is 0 Å². The van der Waals surface area contributed by atoms with Gasteiger partial charge < -0.3 is 0 Å². The third-order valence-electron chi connectivity index (χ3n) is 10.1. The van der Waals surface area contributed by atoms with Crippen LogP contribution >= 0.6 is 0 Å². The van der Waals surface area contributed by atoms with Crippen LogP contribution in [-0.2, 0) is 0 Å². The van der Waals surface area contributed by atoms with Crippen LogP contribution in [0.2, 0.25) is 0 Å². The van der Waals surface area contributed by atoms with Crippen molar-refractivity contribution in [3.8, 4) is 0 Å². The number of rotatable bonds is 4. The number of hydrogen-bond donors (Lipinski definition) is 0. The summed E-state index contributed by atoms with van der Waals surface area (Å²) in [5.74, 6) is 6.29. The van der Waals surface area contributed by atoms with E-state index >= 15 is 0 Å². The molecule has 0 aliphatic heterocycles. The Kier molecular flexibility index (Phi) is 7.67. The summed E-state index contributed by atoms with van der Waals surface area (Å²) in [4.78, 5) is 0. The summed E-state index contributed by atoms with van der Waals surface area (Å²) >= 11 is 0. The van der Waals surface area contributed by atoms with Crippen LogP contribution < -0.4 is 0 Å². The standard InChI is InChI=1S/C28H46.C2H6/c1-19(2)8-7-9-21(4)24-12-13-25-23-11-10-22-18-20(3)14-16-27(22,5)26(23)15-17-28(24,25)6;1-2/h7,9-10,19-21,23-26H,8,11-18H2,1-6H3;1-2H3/b9-7+;/t20-,21+,23?,24?,25?,26?,27-,28+;/m0./s1. The molecule has 4 aliphatic rings. The number of allylic oxidation sites excluding steroid dienone is 4. The maximum absolute atomic E-state index is 2.74. The molecule has 0 aromatic rings. The zero-order valence-corrected chi connectivity index (χ0v) is 21.6. The molecular formula is C30H52. The van der Waals surface area contributed by atoms with E-state index in [1.54, 1.807) is 0 Å². The summed E-state index contributed by atoms with van der Waals surface area (Å²) in [6, 6.07) is 0. The van der Waals surface area contributed by atoms with E-state index in [2.05, 4.69) is 59.8 Å². The predicted octanol–water partition coefficient (Wildman–Crippen LogP) is 9.47. The van der Waals surface area contributed by atoms with Gasteiger partial charge in [-0.2, -0.15) is 0 Å². The zero-order chi connectivity index (χ0) is 22.1. The first-order valence-electron chi connectivity index (χ1n) is 13.6. The van der Waals surface area contributed by atoms with Gasteiger partial charge in [-0.05, 0) is 110 Å². The lowest BCUT2D eigenvalue weighted by atomic mass is 9.46. The van der Waals surface area contributed by atoms with Gasteiger partial charge in [-0.3, -0.25) is 0 Å². The lowest BCUT2D eigenvalue weighted by molar-refractivity contribution is -0.0486. The quantitative estimate of drug-likeness (QED) is 0.403. The Labute approximate surface area is 189 Å².